The number of nitrogens with zero attached hydrogens (tertiary/aromatic N) is 3. The summed E-state index contributed by atoms with van der Waals surface area (Å²) >= 11 is 0. The van der Waals surface area contributed by atoms with Gasteiger partial charge in [-0.3, -0.25) is 16.3 Å². The molecule has 15 heavy (non-hydrogen) atoms. The van der Waals surface area contributed by atoms with Gasteiger partial charge in [-0.15, -0.1) is 0 Å². The lowest BCUT2D eigenvalue weighted by atomic mass is 10.1. The second kappa shape index (κ2) is 4.63. The van der Waals surface area contributed by atoms with Gasteiger partial charge in [0.15, 0.2) is 0 Å². The Morgan fingerprint density at radius 3 is 3.00 bits per heavy atom. The van der Waals surface area contributed by atoms with E-state index >= 15 is 0 Å². The molecule has 1 atom stereocenters. The summed E-state index contributed by atoms with van der Waals surface area (Å²) in [7, 11) is 0. The van der Waals surface area contributed by atoms with Gasteiger partial charge in [0.2, 0.25) is 0 Å². The molecule has 2 rings (SSSR count). The molecular formula is C9H12N6. The molecule has 0 saturated carbocycles. The zero-order valence-electron chi connectivity index (χ0n) is 8.09. The van der Waals surface area contributed by atoms with Gasteiger partial charge in [0.05, 0.1) is 12.2 Å². The smallest absolute Gasteiger partial charge is 0.101 e. The molecule has 0 aliphatic rings. The first-order chi connectivity index (χ1) is 7.40. The summed E-state index contributed by atoms with van der Waals surface area (Å²) in [4.78, 5) is 4.22. The van der Waals surface area contributed by atoms with Crippen molar-refractivity contribution in [3.63, 3.8) is 0 Å². The molecule has 2 aromatic heterocycles. The van der Waals surface area contributed by atoms with Crippen LogP contribution >= 0.6 is 0 Å². The summed E-state index contributed by atoms with van der Waals surface area (Å²) in [6, 6.07) is 5.70. The Kier molecular flexibility index (Phi) is 3.01. The van der Waals surface area contributed by atoms with Crippen LogP contribution in [0.4, 0.5) is 0 Å². The van der Waals surface area contributed by atoms with Crippen molar-refractivity contribution in [2.24, 2.45) is 5.84 Å². The van der Waals surface area contributed by atoms with Gasteiger partial charge in [0, 0.05) is 18.3 Å². The van der Waals surface area contributed by atoms with Crippen LogP contribution in [-0.2, 0) is 6.42 Å². The van der Waals surface area contributed by atoms with Crippen LogP contribution in [0.15, 0.2) is 30.6 Å². The summed E-state index contributed by atoms with van der Waals surface area (Å²) in [6.07, 6.45) is 4.09. The number of H-pyrrole nitrogens is 1. The van der Waals surface area contributed by atoms with Crippen LogP contribution in [0.1, 0.15) is 17.4 Å². The first-order valence-corrected chi connectivity index (χ1v) is 4.62. The molecule has 4 N–H and O–H groups in total. The Morgan fingerprint density at radius 1 is 1.47 bits per heavy atom. The monoisotopic (exact) mass is 204 g/mol. The highest BCUT2D eigenvalue weighted by Gasteiger charge is 2.13. The van der Waals surface area contributed by atoms with E-state index in [0.29, 0.717) is 6.42 Å². The average Bonchev–Trinajstić information content (AvgIpc) is 2.81. The van der Waals surface area contributed by atoms with Gasteiger partial charge in [0.1, 0.15) is 5.69 Å². The van der Waals surface area contributed by atoms with Crippen molar-refractivity contribution in [2.75, 3.05) is 0 Å². The lowest BCUT2D eigenvalue weighted by molar-refractivity contribution is 0.531. The molecular weight excluding hydrogens is 192 g/mol. The van der Waals surface area contributed by atoms with Crippen LogP contribution in [-0.4, -0.2) is 20.4 Å². The SMILES string of the molecule is NNC(Cc1ccccn1)c1cn[nH]n1. The third-order valence-electron chi connectivity index (χ3n) is 2.13. The Bertz CT molecular complexity index is 384. The maximum Gasteiger partial charge on any atom is 0.101 e. The molecule has 0 spiro atoms. The van der Waals surface area contributed by atoms with Crippen molar-refractivity contribution in [1.29, 1.82) is 0 Å². The maximum atomic E-state index is 5.45. The summed E-state index contributed by atoms with van der Waals surface area (Å²) in [5.41, 5.74) is 4.43. The van der Waals surface area contributed by atoms with Gasteiger partial charge in [-0.1, -0.05) is 6.07 Å². The van der Waals surface area contributed by atoms with Crippen LogP contribution in [0.5, 0.6) is 0 Å². The summed E-state index contributed by atoms with van der Waals surface area (Å²) in [5.74, 6) is 5.45. The molecule has 0 aliphatic heterocycles. The molecule has 6 nitrogen and oxygen atoms in total. The normalized spacial score (nSPS) is 12.6. The van der Waals surface area contributed by atoms with Gasteiger partial charge in [0.25, 0.3) is 0 Å². The Morgan fingerprint density at radius 2 is 2.40 bits per heavy atom. The van der Waals surface area contributed by atoms with Gasteiger partial charge in [-0.25, -0.2) is 0 Å². The first-order valence-electron chi connectivity index (χ1n) is 4.62. The van der Waals surface area contributed by atoms with E-state index in [1.54, 1.807) is 12.4 Å². The highest BCUT2D eigenvalue weighted by atomic mass is 15.3. The highest BCUT2D eigenvalue weighted by molar-refractivity contribution is 5.09. The number of hydrogen-bond donors (Lipinski definition) is 3. The second-order valence-electron chi connectivity index (χ2n) is 3.14. The van der Waals surface area contributed by atoms with E-state index < -0.39 is 0 Å². The molecule has 2 aromatic rings. The van der Waals surface area contributed by atoms with Gasteiger partial charge < -0.3 is 0 Å². The molecule has 78 valence electrons. The molecule has 6 heteroatoms. The fourth-order valence-electron chi connectivity index (χ4n) is 1.36. The van der Waals surface area contributed by atoms with Crippen molar-refractivity contribution in [1.82, 2.24) is 25.8 Å². The molecule has 0 aromatic carbocycles. The van der Waals surface area contributed by atoms with E-state index in [0.717, 1.165) is 11.4 Å². The standard InChI is InChI=1S/C9H12N6/c10-13-8(9-6-12-15-14-9)5-7-3-1-2-4-11-7/h1-4,6,8,13H,5,10H2,(H,12,14,15). The van der Waals surface area contributed by atoms with E-state index in [4.69, 9.17) is 5.84 Å². The zero-order valence-corrected chi connectivity index (χ0v) is 8.09. The summed E-state index contributed by atoms with van der Waals surface area (Å²) < 4.78 is 0. The van der Waals surface area contributed by atoms with Crippen LogP contribution in [0.3, 0.4) is 0 Å². The van der Waals surface area contributed by atoms with Gasteiger partial charge in [-0.2, -0.15) is 15.4 Å². The number of nitrogens with one attached hydrogen (secondary N) is 2. The number of hydrazine groups is 1. The lowest BCUT2D eigenvalue weighted by Gasteiger charge is -2.11. The molecule has 0 radical (unpaired) electrons. The molecule has 2 heterocycles. The van der Waals surface area contributed by atoms with Crippen LogP contribution < -0.4 is 11.3 Å². The topological polar surface area (TPSA) is 92.5 Å². The number of pyridine rings is 1. The van der Waals surface area contributed by atoms with E-state index in [1.807, 2.05) is 18.2 Å². The predicted octanol–water partition coefficient (Wildman–Crippen LogP) is -0.0532. The number of rotatable bonds is 4. The van der Waals surface area contributed by atoms with E-state index in [2.05, 4.69) is 25.8 Å². The highest BCUT2D eigenvalue weighted by Crippen LogP contribution is 2.12. The largest absolute Gasteiger partial charge is 0.271 e. The number of hydrogen-bond acceptors (Lipinski definition) is 5. The third kappa shape index (κ3) is 2.36. The van der Waals surface area contributed by atoms with E-state index in [1.165, 1.54) is 0 Å². The van der Waals surface area contributed by atoms with Gasteiger partial charge >= 0.3 is 0 Å². The van der Waals surface area contributed by atoms with Crippen molar-refractivity contribution in [3.8, 4) is 0 Å². The summed E-state index contributed by atoms with van der Waals surface area (Å²) in [5, 5.41) is 10.3. The van der Waals surface area contributed by atoms with Crippen molar-refractivity contribution in [3.05, 3.63) is 42.0 Å². The predicted molar refractivity (Wildman–Crippen MR) is 54.4 cm³/mol. The number of aromatic nitrogens is 4. The van der Waals surface area contributed by atoms with Crippen LogP contribution in [0, 0.1) is 0 Å². The fourth-order valence-corrected chi connectivity index (χ4v) is 1.36. The molecule has 0 saturated heterocycles. The maximum absolute atomic E-state index is 5.45. The molecule has 0 aliphatic carbocycles. The Labute approximate surface area is 86.9 Å². The van der Waals surface area contributed by atoms with E-state index in [-0.39, 0.29) is 6.04 Å². The van der Waals surface area contributed by atoms with Crippen LogP contribution in [0.25, 0.3) is 0 Å². The molecule has 0 fully saturated rings. The number of nitrogens with two attached hydrogens (primary N) is 1. The number of aromatic amines is 1. The minimum atomic E-state index is -0.0707. The Balaban J connectivity index is 2.10. The molecule has 0 amide bonds. The van der Waals surface area contributed by atoms with Crippen LogP contribution in [0.2, 0.25) is 0 Å². The zero-order chi connectivity index (χ0) is 10.5. The second-order valence-corrected chi connectivity index (χ2v) is 3.14. The summed E-state index contributed by atoms with van der Waals surface area (Å²) in [6.45, 7) is 0. The quantitative estimate of drug-likeness (QED) is 0.479. The van der Waals surface area contributed by atoms with Crippen molar-refractivity contribution >= 4 is 0 Å². The fraction of sp³-hybridized carbons (Fsp3) is 0.222. The van der Waals surface area contributed by atoms with Crippen molar-refractivity contribution in [2.45, 2.75) is 12.5 Å². The lowest BCUT2D eigenvalue weighted by Crippen LogP contribution is -2.30. The first kappa shape index (κ1) is 9.75. The average molecular weight is 204 g/mol. The van der Waals surface area contributed by atoms with E-state index in [9.17, 15) is 0 Å². The van der Waals surface area contributed by atoms with Crippen molar-refractivity contribution < 1.29 is 0 Å². The molecule has 1 unspecified atom stereocenters. The van der Waals surface area contributed by atoms with Gasteiger partial charge in [-0.05, 0) is 12.1 Å². The Hall–Kier alpha value is -1.79. The molecule has 0 bridgehead atoms. The minimum Gasteiger partial charge on any atom is -0.271 e. The minimum absolute atomic E-state index is 0.0707. The third-order valence-corrected chi connectivity index (χ3v) is 2.13.